The van der Waals surface area contributed by atoms with Crippen LogP contribution in [0, 0.1) is 5.41 Å². The van der Waals surface area contributed by atoms with Gasteiger partial charge in [0, 0.05) is 13.5 Å². The molecule has 4 nitrogen and oxygen atoms in total. The van der Waals surface area contributed by atoms with Crippen LogP contribution in [0.2, 0.25) is 0 Å². The van der Waals surface area contributed by atoms with E-state index < -0.39 is 0 Å². The summed E-state index contributed by atoms with van der Waals surface area (Å²) < 4.78 is 10.3. The number of rotatable bonds is 4. The van der Waals surface area contributed by atoms with E-state index in [1.54, 1.807) is 7.11 Å². The van der Waals surface area contributed by atoms with Gasteiger partial charge < -0.3 is 9.15 Å². The zero-order chi connectivity index (χ0) is 10.6. The molecule has 0 saturated heterocycles. The Morgan fingerprint density at radius 1 is 1.21 bits per heavy atom. The van der Waals surface area contributed by atoms with Crippen LogP contribution in [0.1, 0.15) is 39.0 Å². The first-order valence-electron chi connectivity index (χ1n) is 4.81. The number of nitrogens with zero attached hydrogens (tertiary/aromatic N) is 2. The molecular formula is C10H18N2O2. The maximum atomic E-state index is 5.37. The molecule has 0 bridgehead atoms. The van der Waals surface area contributed by atoms with Gasteiger partial charge >= 0.3 is 0 Å². The van der Waals surface area contributed by atoms with Crippen LogP contribution in [0.25, 0.3) is 0 Å². The van der Waals surface area contributed by atoms with Gasteiger partial charge in [-0.25, -0.2) is 0 Å². The molecule has 0 aliphatic rings. The lowest BCUT2D eigenvalue weighted by atomic mass is 9.91. The molecule has 0 amide bonds. The summed E-state index contributed by atoms with van der Waals surface area (Å²) in [5.41, 5.74) is 0.301. The van der Waals surface area contributed by atoms with Crippen molar-refractivity contribution in [1.82, 2.24) is 10.2 Å². The molecule has 0 N–H and O–H groups in total. The molecule has 0 aromatic carbocycles. The van der Waals surface area contributed by atoms with Crippen molar-refractivity contribution < 1.29 is 9.15 Å². The first-order chi connectivity index (χ1) is 6.51. The number of aromatic nitrogens is 2. The molecule has 0 aliphatic carbocycles. The van der Waals surface area contributed by atoms with Crippen LogP contribution >= 0.6 is 0 Å². The van der Waals surface area contributed by atoms with Crippen molar-refractivity contribution in [3.8, 4) is 0 Å². The molecule has 1 aromatic rings. The Hall–Kier alpha value is -0.900. The second-order valence-electron chi connectivity index (χ2n) is 4.58. The minimum Gasteiger partial charge on any atom is -0.423 e. The minimum absolute atomic E-state index is 0.301. The van der Waals surface area contributed by atoms with Crippen molar-refractivity contribution in [3.05, 3.63) is 11.8 Å². The van der Waals surface area contributed by atoms with Gasteiger partial charge in [-0.05, 0) is 11.8 Å². The molecule has 1 heterocycles. The smallest absolute Gasteiger partial charge is 0.242 e. The monoisotopic (exact) mass is 198 g/mol. The maximum absolute atomic E-state index is 5.37. The Morgan fingerprint density at radius 3 is 2.43 bits per heavy atom. The molecule has 0 spiro atoms. The van der Waals surface area contributed by atoms with Crippen molar-refractivity contribution in [3.63, 3.8) is 0 Å². The predicted molar refractivity (Wildman–Crippen MR) is 52.8 cm³/mol. The van der Waals surface area contributed by atoms with E-state index in [1.807, 2.05) is 0 Å². The standard InChI is InChI=1S/C10H18N2O2/c1-10(2,3)6-5-8-11-12-9(14-8)7-13-4/h5-7H2,1-4H3. The number of ether oxygens (including phenoxy) is 1. The van der Waals surface area contributed by atoms with E-state index in [1.165, 1.54) is 0 Å². The van der Waals surface area contributed by atoms with Crippen LogP contribution < -0.4 is 0 Å². The Morgan fingerprint density at radius 2 is 1.86 bits per heavy atom. The van der Waals surface area contributed by atoms with Crippen molar-refractivity contribution in [2.45, 2.75) is 40.2 Å². The zero-order valence-corrected chi connectivity index (χ0v) is 9.33. The summed E-state index contributed by atoms with van der Waals surface area (Å²) in [5.74, 6) is 1.25. The SMILES string of the molecule is COCc1nnc(CCC(C)(C)C)o1. The number of methoxy groups -OCH3 is 1. The average molecular weight is 198 g/mol. The number of aryl methyl sites for hydroxylation is 1. The molecule has 80 valence electrons. The molecular weight excluding hydrogens is 180 g/mol. The largest absolute Gasteiger partial charge is 0.423 e. The topological polar surface area (TPSA) is 48.2 Å². The third-order valence-corrected chi connectivity index (χ3v) is 1.87. The summed E-state index contributed by atoms with van der Waals surface area (Å²) in [6, 6.07) is 0. The van der Waals surface area contributed by atoms with Crippen LogP contribution in [0.15, 0.2) is 4.42 Å². The van der Waals surface area contributed by atoms with Crippen molar-refractivity contribution in [2.24, 2.45) is 5.41 Å². The van der Waals surface area contributed by atoms with Gasteiger partial charge in [0.1, 0.15) is 6.61 Å². The molecule has 1 aromatic heterocycles. The fourth-order valence-corrected chi connectivity index (χ4v) is 1.05. The van der Waals surface area contributed by atoms with Crippen LogP contribution in [-0.2, 0) is 17.8 Å². The molecule has 14 heavy (non-hydrogen) atoms. The lowest BCUT2D eigenvalue weighted by molar-refractivity contribution is 0.157. The maximum Gasteiger partial charge on any atom is 0.242 e. The predicted octanol–water partition coefficient (Wildman–Crippen LogP) is 2.19. The van der Waals surface area contributed by atoms with Gasteiger partial charge in [0.15, 0.2) is 0 Å². The molecule has 1 rings (SSSR count). The van der Waals surface area contributed by atoms with E-state index in [-0.39, 0.29) is 0 Å². The molecule has 4 heteroatoms. The second kappa shape index (κ2) is 4.55. The minimum atomic E-state index is 0.301. The third-order valence-electron chi connectivity index (χ3n) is 1.87. The molecule has 0 radical (unpaired) electrons. The second-order valence-corrected chi connectivity index (χ2v) is 4.58. The van der Waals surface area contributed by atoms with Gasteiger partial charge in [0.2, 0.25) is 11.8 Å². The summed E-state index contributed by atoms with van der Waals surface area (Å²) in [4.78, 5) is 0. The molecule has 0 saturated carbocycles. The van der Waals surface area contributed by atoms with Crippen LogP contribution in [0.4, 0.5) is 0 Å². The van der Waals surface area contributed by atoms with Crippen LogP contribution in [-0.4, -0.2) is 17.3 Å². The zero-order valence-electron chi connectivity index (χ0n) is 9.33. The van der Waals surface area contributed by atoms with Crippen molar-refractivity contribution in [1.29, 1.82) is 0 Å². The van der Waals surface area contributed by atoms with Gasteiger partial charge in [-0.3, -0.25) is 0 Å². The van der Waals surface area contributed by atoms with Gasteiger partial charge in [-0.2, -0.15) is 0 Å². The average Bonchev–Trinajstić information content (AvgIpc) is 2.49. The molecule has 0 unspecified atom stereocenters. The Balaban J connectivity index is 2.44. The lowest BCUT2D eigenvalue weighted by Crippen LogP contribution is -2.06. The Labute approximate surface area is 84.7 Å². The summed E-state index contributed by atoms with van der Waals surface area (Å²) >= 11 is 0. The summed E-state index contributed by atoms with van der Waals surface area (Å²) in [6.07, 6.45) is 1.88. The van der Waals surface area contributed by atoms with Gasteiger partial charge in [-0.15, -0.1) is 10.2 Å². The van der Waals surface area contributed by atoms with E-state index in [0.717, 1.165) is 12.8 Å². The molecule has 0 fully saturated rings. The van der Waals surface area contributed by atoms with Crippen LogP contribution in [0.3, 0.4) is 0 Å². The van der Waals surface area contributed by atoms with Crippen LogP contribution in [0.5, 0.6) is 0 Å². The summed E-state index contributed by atoms with van der Waals surface area (Å²) in [5, 5.41) is 7.81. The molecule has 0 aliphatic heterocycles. The van der Waals surface area contributed by atoms with Gasteiger partial charge in [0.05, 0.1) is 0 Å². The first kappa shape index (κ1) is 11.2. The normalized spacial score (nSPS) is 12.0. The van der Waals surface area contributed by atoms with Gasteiger partial charge in [-0.1, -0.05) is 20.8 Å². The highest BCUT2D eigenvalue weighted by Gasteiger charge is 2.13. The fraction of sp³-hybridized carbons (Fsp3) is 0.800. The van der Waals surface area contributed by atoms with E-state index in [2.05, 4.69) is 31.0 Å². The van der Waals surface area contributed by atoms with Gasteiger partial charge in [0.25, 0.3) is 0 Å². The van der Waals surface area contributed by atoms with E-state index in [9.17, 15) is 0 Å². The van der Waals surface area contributed by atoms with Crippen molar-refractivity contribution >= 4 is 0 Å². The number of hydrogen-bond donors (Lipinski definition) is 0. The Kier molecular flexibility index (Phi) is 3.63. The van der Waals surface area contributed by atoms with Crippen molar-refractivity contribution in [2.75, 3.05) is 7.11 Å². The summed E-state index contributed by atoms with van der Waals surface area (Å²) in [7, 11) is 1.61. The van der Waals surface area contributed by atoms with E-state index in [4.69, 9.17) is 9.15 Å². The lowest BCUT2D eigenvalue weighted by Gasteiger charge is -2.15. The number of hydrogen-bond acceptors (Lipinski definition) is 4. The highest BCUT2D eigenvalue weighted by atomic mass is 16.5. The van der Waals surface area contributed by atoms with E-state index >= 15 is 0 Å². The first-order valence-corrected chi connectivity index (χ1v) is 4.81. The highest BCUT2D eigenvalue weighted by Crippen LogP contribution is 2.20. The summed E-state index contributed by atoms with van der Waals surface area (Å²) in [6.45, 7) is 6.97. The Bertz CT molecular complexity index is 276. The molecule has 0 atom stereocenters. The highest BCUT2D eigenvalue weighted by molar-refractivity contribution is 4.82. The fourth-order valence-electron chi connectivity index (χ4n) is 1.05. The quantitative estimate of drug-likeness (QED) is 0.744. The van der Waals surface area contributed by atoms with E-state index in [0.29, 0.717) is 23.8 Å². The third kappa shape index (κ3) is 3.87.